The zero-order valence-corrected chi connectivity index (χ0v) is 37.4. The van der Waals surface area contributed by atoms with Crippen molar-refractivity contribution in [1.29, 1.82) is 0 Å². The van der Waals surface area contributed by atoms with Gasteiger partial charge in [0.05, 0.1) is 34.2 Å². The van der Waals surface area contributed by atoms with E-state index in [4.69, 9.17) is 20.0 Å². The molecule has 0 fully saturated rings. The highest BCUT2D eigenvalue weighted by atomic mass is 16.3. The van der Waals surface area contributed by atoms with Crippen LogP contribution in [0, 0.1) is 0 Å². The predicted molar refractivity (Wildman–Crippen MR) is 256 cm³/mol. The Hall–Kier alpha value is -6.66. The van der Waals surface area contributed by atoms with Gasteiger partial charge in [-0.25, -0.2) is 9.97 Å². The first kappa shape index (κ1) is 40.7. The van der Waals surface area contributed by atoms with Gasteiger partial charge in [-0.1, -0.05) is 142 Å². The van der Waals surface area contributed by atoms with Crippen LogP contribution in [0.1, 0.15) is 103 Å². The number of para-hydroxylation sites is 4. The third-order valence-corrected chi connectivity index (χ3v) is 12.8. The summed E-state index contributed by atoms with van der Waals surface area (Å²) in [7, 11) is 0. The van der Waals surface area contributed by atoms with E-state index in [9.17, 15) is 10.2 Å². The lowest BCUT2D eigenvalue weighted by Crippen LogP contribution is -2.26. The van der Waals surface area contributed by atoms with Crippen LogP contribution in [0.2, 0.25) is 0 Å². The molecule has 2 aliphatic heterocycles. The summed E-state index contributed by atoms with van der Waals surface area (Å²) in [4.78, 5) is 20.4. The average molecular weight is 815 g/mol. The minimum absolute atomic E-state index is 0.149. The van der Waals surface area contributed by atoms with Crippen molar-refractivity contribution in [2.75, 3.05) is 0 Å². The van der Waals surface area contributed by atoms with E-state index < -0.39 is 10.8 Å². The van der Waals surface area contributed by atoms with Crippen molar-refractivity contribution in [3.05, 3.63) is 167 Å². The van der Waals surface area contributed by atoms with Gasteiger partial charge >= 0.3 is 0 Å². The van der Waals surface area contributed by atoms with Crippen LogP contribution in [0.5, 0.6) is 11.5 Å². The highest BCUT2D eigenvalue weighted by molar-refractivity contribution is 6.16. The molecule has 6 nitrogen and oxygen atoms in total. The molecule has 62 heavy (non-hydrogen) atoms. The number of aliphatic imine (C=N–C) groups is 2. The minimum Gasteiger partial charge on any atom is -0.507 e. The van der Waals surface area contributed by atoms with Crippen LogP contribution < -0.4 is 0 Å². The van der Waals surface area contributed by atoms with Gasteiger partial charge in [0, 0.05) is 44.2 Å². The van der Waals surface area contributed by atoms with Crippen molar-refractivity contribution in [1.82, 2.24) is 9.97 Å². The fraction of sp³-hybridized carbons (Fsp3) is 0.250. The zero-order chi connectivity index (χ0) is 43.9. The maximum atomic E-state index is 10.9. The van der Waals surface area contributed by atoms with Crippen LogP contribution in [-0.2, 0) is 21.7 Å². The van der Waals surface area contributed by atoms with Crippen molar-refractivity contribution in [3.63, 3.8) is 0 Å². The Labute approximate surface area is 365 Å². The number of aromatic nitrogens is 2. The van der Waals surface area contributed by atoms with Gasteiger partial charge in [0.2, 0.25) is 0 Å². The molecule has 0 unspecified atom stereocenters. The fourth-order valence-corrected chi connectivity index (χ4v) is 9.10. The number of benzene rings is 6. The molecule has 310 valence electrons. The van der Waals surface area contributed by atoms with E-state index in [1.165, 1.54) is 11.1 Å². The number of phenolic OH excluding ortho intramolecular Hbond substituents is 2. The number of fused-ring (bicyclic) bond motifs is 2. The van der Waals surface area contributed by atoms with E-state index in [0.29, 0.717) is 0 Å². The summed E-state index contributed by atoms with van der Waals surface area (Å²) in [5.41, 5.74) is 16.4. The molecule has 6 heteroatoms. The number of nitrogens with zero attached hydrogens (tertiary/aromatic N) is 4. The third-order valence-electron chi connectivity index (χ3n) is 12.8. The number of hydrogen-bond donors (Lipinski definition) is 2. The SMILES string of the molecule is CC(C)(C)c1cc(-c2cc(-c3cc(-c4cccc5c4N=C(c4ccccc4O)C5(C)C)cc(C(C)(C)C)c3)ncn2)cc(-c2cccc3c2N=C(c2ccccc2O)C3(C)C)c1. The molecule has 7 aromatic rings. The van der Waals surface area contributed by atoms with Crippen molar-refractivity contribution < 1.29 is 10.2 Å². The Kier molecular flexibility index (Phi) is 9.51. The third kappa shape index (κ3) is 6.92. The molecule has 0 amide bonds. The van der Waals surface area contributed by atoms with E-state index in [-0.39, 0.29) is 22.3 Å². The summed E-state index contributed by atoms with van der Waals surface area (Å²) >= 11 is 0. The van der Waals surface area contributed by atoms with E-state index in [0.717, 1.165) is 89.8 Å². The van der Waals surface area contributed by atoms with Crippen molar-refractivity contribution in [2.45, 2.75) is 90.9 Å². The summed E-state index contributed by atoms with van der Waals surface area (Å²) in [5.74, 6) is 0.461. The number of rotatable bonds is 6. The summed E-state index contributed by atoms with van der Waals surface area (Å²) in [6.07, 6.45) is 1.68. The van der Waals surface area contributed by atoms with E-state index in [2.05, 4.69) is 148 Å². The van der Waals surface area contributed by atoms with Gasteiger partial charge in [0.15, 0.2) is 0 Å². The lowest BCUT2D eigenvalue weighted by molar-refractivity contribution is 0.473. The predicted octanol–water partition coefficient (Wildman–Crippen LogP) is 14.0. The van der Waals surface area contributed by atoms with Crippen molar-refractivity contribution in [2.24, 2.45) is 9.98 Å². The molecule has 3 heterocycles. The van der Waals surface area contributed by atoms with Gasteiger partial charge in [-0.3, -0.25) is 9.98 Å². The van der Waals surface area contributed by atoms with E-state index in [1.807, 2.05) is 36.4 Å². The molecule has 6 aromatic carbocycles. The maximum Gasteiger partial charge on any atom is 0.124 e. The van der Waals surface area contributed by atoms with E-state index >= 15 is 0 Å². The first-order valence-corrected chi connectivity index (χ1v) is 21.5. The minimum atomic E-state index is -0.411. The molecule has 2 aliphatic rings. The Balaban J connectivity index is 1.17. The summed E-state index contributed by atoms with van der Waals surface area (Å²) in [5, 5.41) is 21.8. The summed E-state index contributed by atoms with van der Waals surface area (Å²) in [6.45, 7) is 22.2. The molecule has 0 saturated heterocycles. The van der Waals surface area contributed by atoms with Gasteiger partial charge in [0.1, 0.15) is 17.8 Å². The Bertz CT molecular complexity index is 2810. The number of phenols is 2. The normalized spacial score (nSPS) is 15.2. The van der Waals surface area contributed by atoms with Crippen LogP contribution >= 0.6 is 0 Å². The molecule has 0 bridgehead atoms. The quantitative estimate of drug-likeness (QED) is 0.175. The lowest BCUT2D eigenvalue weighted by Gasteiger charge is -2.24. The first-order valence-electron chi connectivity index (χ1n) is 21.5. The number of aromatic hydroxyl groups is 2. The second-order valence-corrected chi connectivity index (χ2v) is 20.0. The Morgan fingerprint density at radius 3 is 1.18 bits per heavy atom. The van der Waals surface area contributed by atoms with Crippen LogP contribution in [0.15, 0.2) is 144 Å². The maximum absolute atomic E-state index is 10.9. The van der Waals surface area contributed by atoms with Gasteiger partial charge in [-0.15, -0.1) is 0 Å². The Morgan fingerprint density at radius 1 is 0.419 bits per heavy atom. The Morgan fingerprint density at radius 2 is 0.790 bits per heavy atom. The topological polar surface area (TPSA) is 91.0 Å². The lowest BCUT2D eigenvalue weighted by atomic mass is 9.77. The molecule has 0 spiro atoms. The fourth-order valence-electron chi connectivity index (χ4n) is 9.10. The van der Waals surface area contributed by atoms with Gasteiger partial charge in [0.25, 0.3) is 0 Å². The van der Waals surface area contributed by atoms with Crippen LogP contribution in [0.25, 0.3) is 44.8 Å². The molecule has 0 radical (unpaired) electrons. The molecule has 1 aromatic heterocycles. The van der Waals surface area contributed by atoms with Crippen LogP contribution in [0.3, 0.4) is 0 Å². The highest BCUT2D eigenvalue weighted by Gasteiger charge is 2.39. The van der Waals surface area contributed by atoms with Gasteiger partial charge in [-0.2, -0.15) is 0 Å². The molecular weight excluding hydrogens is 761 g/mol. The van der Waals surface area contributed by atoms with Gasteiger partial charge in [-0.05, 0) is 98.8 Å². The highest BCUT2D eigenvalue weighted by Crippen LogP contribution is 2.50. The monoisotopic (exact) mass is 814 g/mol. The second kappa shape index (κ2) is 14.5. The largest absolute Gasteiger partial charge is 0.507 e. The standard InChI is InChI=1S/C56H54N4O2/c1-53(2,3)37-27-33(39-19-15-21-43-49(39)59-51(55(43,7)8)41-17-11-13-23-47(41)61)25-35(29-37)45-31-46(58-32-57-45)36-26-34(28-38(30-36)54(4,5)6)40-20-16-22-44-50(40)60-52(56(44,9)10)42-18-12-14-24-48(42)62/h11-32,61-62H,1-10H3. The average Bonchev–Trinajstić information content (AvgIpc) is 3.67. The van der Waals surface area contributed by atoms with Crippen molar-refractivity contribution in [3.8, 4) is 56.3 Å². The first-order chi connectivity index (χ1) is 29.3. The second-order valence-electron chi connectivity index (χ2n) is 20.0. The molecule has 0 atom stereocenters. The molecular formula is C56H54N4O2. The molecule has 2 N–H and O–H groups in total. The van der Waals surface area contributed by atoms with Crippen molar-refractivity contribution >= 4 is 22.8 Å². The van der Waals surface area contributed by atoms with E-state index in [1.54, 1.807) is 18.5 Å². The van der Waals surface area contributed by atoms with Crippen LogP contribution in [-0.4, -0.2) is 31.6 Å². The molecule has 0 aliphatic carbocycles. The molecule has 0 saturated carbocycles. The summed E-state index contributed by atoms with van der Waals surface area (Å²) in [6, 6.07) is 43.4. The van der Waals surface area contributed by atoms with Crippen LogP contribution in [0.4, 0.5) is 11.4 Å². The van der Waals surface area contributed by atoms with Gasteiger partial charge < -0.3 is 10.2 Å². The molecule has 9 rings (SSSR count). The smallest absolute Gasteiger partial charge is 0.124 e. The summed E-state index contributed by atoms with van der Waals surface area (Å²) < 4.78 is 0. The zero-order valence-electron chi connectivity index (χ0n) is 37.4. The number of hydrogen-bond acceptors (Lipinski definition) is 6.